The lowest BCUT2D eigenvalue weighted by atomic mass is 9.91. The monoisotopic (exact) mass is 297 g/mol. The largest absolute Gasteiger partial charge is 0.292 e. The lowest BCUT2D eigenvalue weighted by molar-refractivity contribution is 0.0649. The molecule has 0 radical (unpaired) electrons. The zero-order valence-electron chi connectivity index (χ0n) is 12.1. The van der Waals surface area contributed by atoms with Gasteiger partial charge in [-0.1, -0.05) is 24.4 Å². The zero-order chi connectivity index (χ0) is 14.8. The lowest BCUT2D eigenvalue weighted by Crippen LogP contribution is -2.50. The van der Waals surface area contributed by atoms with Crippen LogP contribution < -0.4 is 0 Å². The summed E-state index contributed by atoms with van der Waals surface area (Å²) in [5, 5.41) is 0.319. The Morgan fingerprint density at radius 1 is 1.20 bits per heavy atom. The first-order valence-electron chi connectivity index (χ1n) is 7.18. The Hall–Kier alpha value is -0.930. The summed E-state index contributed by atoms with van der Waals surface area (Å²) in [5.41, 5.74) is -0.372. The van der Waals surface area contributed by atoms with Crippen LogP contribution in [-0.4, -0.2) is 29.3 Å². The van der Waals surface area contributed by atoms with E-state index in [1.165, 1.54) is 31.0 Å². The normalized spacial score (nSPS) is 17.8. The number of carbonyl (C=O) groups is 1. The Balaban J connectivity index is 2.27. The number of halogens is 2. The van der Waals surface area contributed by atoms with E-state index in [1.54, 1.807) is 0 Å². The maximum absolute atomic E-state index is 13.4. The molecule has 0 aromatic heterocycles. The predicted molar refractivity (Wildman–Crippen MR) is 79.9 cm³/mol. The van der Waals surface area contributed by atoms with Crippen LogP contribution in [0.5, 0.6) is 0 Å². The first kappa shape index (κ1) is 15.5. The molecule has 20 heavy (non-hydrogen) atoms. The van der Waals surface area contributed by atoms with Crippen molar-refractivity contribution < 1.29 is 9.18 Å². The van der Waals surface area contributed by atoms with E-state index in [2.05, 4.69) is 4.90 Å². The van der Waals surface area contributed by atoms with Gasteiger partial charge in [-0.25, -0.2) is 4.39 Å². The molecule has 0 unspecified atom stereocenters. The van der Waals surface area contributed by atoms with Crippen molar-refractivity contribution in [2.24, 2.45) is 0 Å². The van der Waals surface area contributed by atoms with Crippen molar-refractivity contribution in [3.63, 3.8) is 0 Å². The molecule has 0 saturated carbocycles. The highest BCUT2D eigenvalue weighted by molar-refractivity contribution is 6.34. The smallest absolute Gasteiger partial charge is 0.184 e. The highest BCUT2D eigenvalue weighted by atomic mass is 35.5. The van der Waals surface area contributed by atoms with E-state index < -0.39 is 11.4 Å². The quantitative estimate of drug-likeness (QED) is 0.775. The summed E-state index contributed by atoms with van der Waals surface area (Å²) in [7, 11) is 0. The zero-order valence-corrected chi connectivity index (χ0v) is 12.8. The second-order valence-corrected chi connectivity index (χ2v) is 6.32. The molecule has 0 N–H and O–H groups in total. The molecule has 1 saturated heterocycles. The Morgan fingerprint density at radius 3 is 2.40 bits per heavy atom. The summed E-state index contributed by atoms with van der Waals surface area (Å²) in [6, 6.07) is 3.96. The molecule has 2 nitrogen and oxygen atoms in total. The molecule has 0 aliphatic carbocycles. The van der Waals surface area contributed by atoms with Gasteiger partial charge in [0, 0.05) is 5.56 Å². The van der Waals surface area contributed by atoms with Gasteiger partial charge in [-0.2, -0.15) is 0 Å². The number of hydrogen-bond acceptors (Lipinski definition) is 2. The van der Waals surface area contributed by atoms with Gasteiger partial charge < -0.3 is 0 Å². The van der Waals surface area contributed by atoms with Gasteiger partial charge in [0.1, 0.15) is 5.82 Å². The molecule has 0 spiro atoms. The standard InChI is InChI=1S/C16H21ClFNO/c1-16(2,19-9-5-3-4-6-10-19)15(20)13-11-12(18)7-8-14(13)17/h7-8,11H,3-6,9-10H2,1-2H3. The number of Topliss-reactive ketones (excluding diaryl/α,β-unsaturated/α-hetero) is 1. The molecule has 0 atom stereocenters. The molecule has 0 bridgehead atoms. The van der Waals surface area contributed by atoms with Gasteiger partial charge in [0.05, 0.1) is 10.6 Å². The van der Waals surface area contributed by atoms with Gasteiger partial charge in [0.25, 0.3) is 0 Å². The lowest BCUT2D eigenvalue weighted by Gasteiger charge is -2.36. The fourth-order valence-electron chi connectivity index (χ4n) is 2.77. The van der Waals surface area contributed by atoms with Gasteiger partial charge in [0.2, 0.25) is 0 Å². The van der Waals surface area contributed by atoms with E-state index in [9.17, 15) is 9.18 Å². The molecular weight excluding hydrogens is 277 g/mol. The molecule has 1 aliphatic heterocycles. The summed E-state index contributed by atoms with van der Waals surface area (Å²) in [5.74, 6) is -0.534. The van der Waals surface area contributed by atoms with Gasteiger partial charge in [-0.05, 0) is 58.0 Å². The van der Waals surface area contributed by atoms with E-state index in [-0.39, 0.29) is 11.3 Å². The molecule has 4 heteroatoms. The van der Waals surface area contributed by atoms with Crippen LogP contribution in [0.2, 0.25) is 5.02 Å². The first-order valence-corrected chi connectivity index (χ1v) is 7.55. The van der Waals surface area contributed by atoms with E-state index in [0.717, 1.165) is 25.9 Å². The fourth-order valence-corrected chi connectivity index (χ4v) is 2.98. The van der Waals surface area contributed by atoms with E-state index in [0.29, 0.717) is 5.02 Å². The number of rotatable bonds is 3. The number of likely N-dealkylation sites (tertiary alicyclic amines) is 1. The fraction of sp³-hybridized carbons (Fsp3) is 0.562. The molecule has 110 valence electrons. The third-order valence-electron chi connectivity index (χ3n) is 4.13. The summed E-state index contributed by atoms with van der Waals surface area (Å²) in [6.07, 6.45) is 4.63. The van der Waals surface area contributed by atoms with Crippen LogP contribution >= 0.6 is 11.6 Å². The van der Waals surface area contributed by atoms with Crippen molar-refractivity contribution in [1.29, 1.82) is 0 Å². The van der Waals surface area contributed by atoms with Crippen LogP contribution in [0.3, 0.4) is 0 Å². The summed E-state index contributed by atoms with van der Waals surface area (Å²) >= 11 is 6.06. The number of benzene rings is 1. The van der Waals surface area contributed by atoms with Crippen molar-refractivity contribution in [2.75, 3.05) is 13.1 Å². The minimum Gasteiger partial charge on any atom is -0.292 e. The van der Waals surface area contributed by atoms with Crippen molar-refractivity contribution in [3.8, 4) is 0 Å². The number of hydrogen-bond donors (Lipinski definition) is 0. The topological polar surface area (TPSA) is 20.3 Å². The molecule has 1 heterocycles. The average molecular weight is 298 g/mol. The number of nitrogens with zero attached hydrogens (tertiary/aromatic N) is 1. The Bertz CT molecular complexity index is 493. The first-order chi connectivity index (χ1) is 9.43. The Labute approximate surface area is 124 Å². The molecule has 2 rings (SSSR count). The minimum absolute atomic E-state index is 0.107. The predicted octanol–water partition coefficient (Wildman–Crippen LogP) is 4.32. The molecule has 1 aliphatic rings. The third kappa shape index (κ3) is 3.21. The molecular formula is C16H21ClFNO. The average Bonchev–Trinajstić information content (AvgIpc) is 2.70. The summed E-state index contributed by atoms with van der Waals surface area (Å²) < 4.78 is 13.4. The van der Waals surface area contributed by atoms with E-state index in [4.69, 9.17) is 11.6 Å². The number of carbonyl (C=O) groups excluding carboxylic acids is 1. The van der Waals surface area contributed by atoms with Gasteiger partial charge in [-0.3, -0.25) is 9.69 Å². The minimum atomic E-state index is -0.651. The van der Waals surface area contributed by atoms with E-state index in [1.807, 2.05) is 13.8 Å². The van der Waals surface area contributed by atoms with Crippen molar-refractivity contribution in [3.05, 3.63) is 34.6 Å². The van der Waals surface area contributed by atoms with Gasteiger partial charge in [-0.15, -0.1) is 0 Å². The second kappa shape index (κ2) is 6.23. The second-order valence-electron chi connectivity index (χ2n) is 5.91. The highest BCUT2D eigenvalue weighted by Gasteiger charge is 2.36. The van der Waals surface area contributed by atoms with Gasteiger partial charge in [0.15, 0.2) is 5.78 Å². The van der Waals surface area contributed by atoms with Crippen molar-refractivity contribution in [2.45, 2.75) is 45.1 Å². The van der Waals surface area contributed by atoms with Crippen LogP contribution in [0.25, 0.3) is 0 Å². The molecule has 1 aromatic carbocycles. The maximum atomic E-state index is 13.4. The molecule has 0 amide bonds. The molecule has 1 aromatic rings. The van der Waals surface area contributed by atoms with Gasteiger partial charge >= 0.3 is 0 Å². The summed E-state index contributed by atoms with van der Waals surface area (Å²) in [4.78, 5) is 15.0. The summed E-state index contributed by atoms with van der Waals surface area (Å²) in [6.45, 7) is 5.63. The van der Waals surface area contributed by atoms with E-state index >= 15 is 0 Å². The Morgan fingerprint density at radius 2 is 1.80 bits per heavy atom. The number of ketones is 1. The molecule has 1 fully saturated rings. The van der Waals surface area contributed by atoms with Crippen LogP contribution in [0, 0.1) is 5.82 Å². The van der Waals surface area contributed by atoms with Crippen molar-refractivity contribution >= 4 is 17.4 Å². The van der Waals surface area contributed by atoms with Crippen LogP contribution in [0.15, 0.2) is 18.2 Å². The Kier molecular flexibility index (Phi) is 4.82. The van der Waals surface area contributed by atoms with Crippen LogP contribution in [0.1, 0.15) is 49.9 Å². The highest BCUT2D eigenvalue weighted by Crippen LogP contribution is 2.28. The maximum Gasteiger partial charge on any atom is 0.184 e. The van der Waals surface area contributed by atoms with Crippen molar-refractivity contribution in [1.82, 2.24) is 4.90 Å². The third-order valence-corrected chi connectivity index (χ3v) is 4.45. The van der Waals surface area contributed by atoms with Crippen LogP contribution in [-0.2, 0) is 0 Å². The SMILES string of the molecule is CC(C)(C(=O)c1cc(F)ccc1Cl)N1CCCCCC1. The van der Waals surface area contributed by atoms with Crippen LogP contribution in [0.4, 0.5) is 4.39 Å².